The highest BCUT2D eigenvalue weighted by atomic mass is 32.1. The van der Waals surface area contributed by atoms with Gasteiger partial charge in [0.15, 0.2) is 11.4 Å². The molecule has 0 unspecified atom stereocenters. The van der Waals surface area contributed by atoms with Gasteiger partial charge >= 0.3 is 6.09 Å². The van der Waals surface area contributed by atoms with Crippen molar-refractivity contribution in [1.29, 1.82) is 0 Å². The number of ether oxygens (including phenoxy) is 1. The Morgan fingerprint density at radius 2 is 1.81 bits per heavy atom. The minimum Gasteiger partial charge on any atom is -0.513 e. The lowest BCUT2D eigenvalue weighted by molar-refractivity contribution is 0.0366. The van der Waals surface area contributed by atoms with Crippen LogP contribution in [0.3, 0.4) is 0 Å². The molecule has 7 heteroatoms. The van der Waals surface area contributed by atoms with Crippen molar-refractivity contribution in [3.8, 4) is 11.8 Å². The summed E-state index contributed by atoms with van der Waals surface area (Å²) in [4.78, 5) is 23.3. The zero-order valence-corrected chi connectivity index (χ0v) is 21.4. The van der Waals surface area contributed by atoms with E-state index in [-0.39, 0.29) is 5.76 Å². The molecule has 0 fully saturated rings. The Balaban J connectivity index is 1.52. The van der Waals surface area contributed by atoms with Crippen LogP contribution in [0.5, 0.6) is 0 Å². The van der Waals surface area contributed by atoms with Crippen LogP contribution >= 0.6 is 0 Å². The highest BCUT2D eigenvalue weighted by Crippen LogP contribution is 2.34. The molecule has 1 N–H and O–H groups in total. The lowest BCUT2D eigenvalue weighted by atomic mass is 10.1. The number of aliphatic hydroxyl groups excluding tert-OH is 1. The van der Waals surface area contributed by atoms with E-state index in [0.29, 0.717) is 22.2 Å². The van der Waals surface area contributed by atoms with E-state index in [2.05, 4.69) is 21.8 Å². The fourth-order valence-corrected chi connectivity index (χ4v) is 4.78. The third kappa shape index (κ3) is 5.20. The van der Waals surface area contributed by atoms with E-state index in [1.54, 1.807) is 50.8 Å². The molecule has 0 bridgehead atoms. The Bertz CT molecular complexity index is 1570. The van der Waals surface area contributed by atoms with Crippen molar-refractivity contribution < 1.29 is 14.6 Å². The zero-order chi connectivity index (χ0) is 26.0. The van der Waals surface area contributed by atoms with Crippen LogP contribution < -0.4 is 0 Å². The van der Waals surface area contributed by atoms with Crippen LogP contribution in [-0.4, -0.2) is 37.0 Å². The summed E-state index contributed by atoms with van der Waals surface area (Å²) < 4.78 is 5.67. The second kappa shape index (κ2) is 9.84. The Hall–Kier alpha value is -4.54. The molecule has 184 valence electrons. The van der Waals surface area contributed by atoms with E-state index in [1.807, 2.05) is 54.6 Å². The molecule has 5 rings (SSSR count). The molecule has 1 amide bonds. The average Bonchev–Trinajstić information content (AvgIpc) is 3.52. The SMILES string of the molecule is CC(C)(C)OC(=O)N1C(=C(O)c2cn[c-]3cc(C#Cc4ccccc4)ccc23)C=[S+][C-]1c1cccnc1. The van der Waals surface area contributed by atoms with Gasteiger partial charge in [0.2, 0.25) is 10.7 Å². The van der Waals surface area contributed by atoms with Crippen LogP contribution in [0.25, 0.3) is 16.7 Å². The van der Waals surface area contributed by atoms with Crippen molar-refractivity contribution in [2.24, 2.45) is 0 Å². The molecule has 3 heterocycles. The first-order chi connectivity index (χ1) is 17.8. The summed E-state index contributed by atoms with van der Waals surface area (Å²) in [5, 5.41) is 14.5. The van der Waals surface area contributed by atoms with Crippen LogP contribution in [0.1, 0.15) is 43.0 Å². The maximum absolute atomic E-state index is 13.3. The quantitative estimate of drug-likeness (QED) is 0.0950. The summed E-state index contributed by atoms with van der Waals surface area (Å²) in [6.07, 6.45) is 4.36. The number of amides is 1. The van der Waals surface area contributed by atoms with Crippen LogP contribution in [0, 0.1) is 17.2 Å². The second-order valence-corrected chi connectivity index (χ2v) is 10.2. The number of hydrogen-bond donors (Lipinski definition) is 1. The molecule has 1 aliphatic heterocycles. The van der Waals surface area contributed by atoms with Crippen molar-refractivity contribution in [2.75, 3.05) is 0 Å². The number of allylic oxidation sites excluding steroid dienone is 1. The summed E-state index contributed by atoms with van der Waals surface area (Å²) in [5.74, 6) is 6.24. The van der Waals surface area contributed by atoms with Gasteiger partial charge in [0.25, 0.3) is 0 Å². The number of carbonyl (C=O) groups excluding carboxylic acids is 1. The van der Waals surface area contributed by atoms with Crippen LogP contribution in [-0.2, 0) is 16.1 Å². The first-order valence-electron chi connectivity index (χ1n) is 11.7. The predicted octanol–water partition coefficient (Wildman–Crippen LogP) is 5.65. The third-order valence-corrected chi connectivity index (χ3v) is 6.44. The molecule has 2 aromatic carbocycles. The predicted molar refractivity (Wildman–Crippen MR) is 147 cm³/mol. The van der Waals surface area contributed by atoms with Gasteiger partial charge in [0, 0.05) is 5.56 Å². The van der Waals surface area contributed by atoms with Crippen molar-refractivity contribution >= 4 is 39.5 Å². The number of pyridine rings is 1. The van der Waals surface area contributed by atoms with Gasteiger partial charge < -0.3 is 19.8 Å². The lowest BCUT2D eigenvalue weighted by Crippen LogP contribution is -2.37. The van der Waals surface area contributed by atoms with Gasteiger partial charge in [-0.3, -0.25) is 0 Å². The number of carbonyl (C=O) groups is 1. The minimum absolute atomic E-state index is 0.0668. The third-order valence-electron chi connectivity index (χ3n) is 5.45. The average molecular weight is 507 g/mol. The Morgan fingerprint density at radius 3 is 2.54 bits per heavy atom. The fraction of sp³-hybridized carbons (Fsp3) is 0.133. The molecule has 0 spiro atoms. The first-order valence-corrected chi connectivity index (χ1v) is 12.5. The number of fused-ring (bicyclic) bond motifs is 1. The van der Waals surface area contributed by atoms with E-state index in [1.165, 1.54) is 16.3 Å². The maximum atomic E-state index is 13.3. The standard InChI is InChI=1S/C30H24N3O3S/c1-30(2,3)36-29(35)33-26(19-37-28(33)22-10-7-15-31-17-22)27(34)24-18-32-25-16-21(13-14-23(24)25)12-11-20-8-5-4-6-9-20/h4-10,13-19,34H,1-3H3/q-1. The molecule has 2 aromatic heterocycles. The molecule has 4 aromatic rings. The van der Waals surface area contributed by atoms with E-state index in [9.17, 15) is 9.90 Å². The van der Waals surface area contributed by atoms with Crippen LogP contribution in [0.2, 0.25) is 0 Å². The normalized spacial score (nSPS) is 14.5. The molecule has 0 saturated carbocycles. The Morgan fingerprint density at radius 1 is 1.03 bits per heavy atom. The summed E-state index contributed by atoms with van der Waals surface area (Å²) in [6, 6.07) is 19.1. The van der Waals surface area contributed by atoms with Crippen molar-refractivity contribution in [3.05, 3.63) is 113 Å². The molecule has 0 atom stereocenters. The monoisotopic (exact) mass is 506 g/mol. The molecule has 0 radical (unpaired) electrons. The molecule has 0 aliphatic carbocycles. The number of hydrogen-bond acceptors (Lipinski definition) is 5. The lowest BCUT2D eigenvalue weighted by Gasteiger charge is -2.28. The molecule has 0 saturated heterocycles. The molecule has 37 heavy (non-hydrogen) atoms. The Kier molecular flexibility index (Phi) is 6.43. The van der Waals surface area contributed by atoms with Gasteiger partial charge in [-0.15, -0.1) is 24.1 Å². The molecular weight excluding hydrogens is 482 g/mol. The smallest absolute Gasteiger partial charge is 0.412 e. The van der Waals surface area contributed by atoms with Gasteiger partial charge in [0.05, 0.1) is 0 Å². The number of aromatic nitrogens is 2. The Labute approximate surface area is 219 Å². The minimum atomic E-state index is -0.711. The van der Waals surface area contributed by atoms with Crippen molar-refractivity contribution in [1.82, 2.24) is 14.9 Å². The highest BCUT2D eigenvalue weighted by molar-refractivity contribution is 7.81. The second-order valence-electron chi connectivity index (χ2n) is 9.35. The van der Waals surface area contributed by atoms with Crippen LogP contribution in [0.15, 0.2) is 85.0 Å². The summed E-state index contributed by atoms with van der Waals surface area (Å²) >= 11 is 1.32. The molecule has 6 nitrogen and oxygen atoms in total. The summed E-state index contributed by atoms with van der Waals surface area (Å²) in [6.45, 7) is 5.41. The van der Waals surface area contributed by atoms with E-state index in [0.717, 1.165) is 22.1 Å². The van der Waals surface area contributed by atoms with Crippen molar-refractivity contribution in [2.45, 2.75) is 26.4 Å². The maximum Gasteiger partial charge on any atom is 0.412 e. The van der Waals surface area contributed by atoms with Crippen LogP contribution in [0.4, 0.5) is 4.79 Å². The van der Waals surface area contributed by atoms with E-state index >= 15 is 0 Å². The zero-order valence-electron chi connectivity index (χ0n) is 20.6. The van der Waals surface area contributed by atoms with Gasteiger partial charge in [-0.2, -0.15) is 6.07 Å². The van der Waals surface area contributed by atoms with E-state index in [4.69, 9.17) is 4.74 Å². The van der Waals surface area contributed by atoms with Gasteiger partial charge in [-0.25, -0.2) is 9.69 Å². The number of benzene rings is 2. The molecule has 1 aliphatic rings. The highest BCUT2D eigenvalue weighted by Gasteiger charge is 2.40. The first kappa shape index (κ1) is 24.2. The number of nitrogens with zero attached hydrogens (tertiary/aromatic N) is 3. The number of aliphatic hydroxyl groups is 1. The van der Waals surface area contributed by atoms with Gasteiger partial charge in [0.1, 0.15) is 17.1 Å². The summed E-state index contributed by atoms with van der Waals surface area (Å²) in [7, 11) is 0. The van der Waals surface area contributed by atoms with Crippen molar-refractivity contribution in [3.63, 3.8) is 0 Å². The summed E-state index contributed by atoms with van der Waals surface area (Å²) in [5.41, 5.74) is 3.32. The number of rotatable bonds is 2. The fourth-order valence-electron chi connectivity index (χ4n) is 3.80. The topological polar surface area (TPSA) is 75.5 Å². The van der Waals surface area contributed by atoms with Gasteiger partial charge in [-0.1, -0.05) is 59.1 Å². The van der Waals surface area contributed by atoms with Gasteiger partial charge in [-0.05, 0) is 50.2 Å². The molecular formula is C30H24N3O3S-. The van der Waals surface area contributed by atoms with E-state index < -0.39 is 11.7 Å². The largest absolute Gasteiger partial charge is 0.513 e.